The monoisotopic (exact) mass is 492 g/mol. The van der Waals surface area contributed by atoms with Crippen molar-refractivity contribution >= 4 is 23.2 Å². The molecule has 3 aromatic rings. The van der Waals surface area contributed by atoms with Crippen LogP contribution in [0.5, 0.6) is 11.5 Å². The first-order valence-corrected chi connectivity index (χ1v) is 12.8. The molecular weight excluding hydrogens is 460 g/mol. The predicted octanol–water partition coefficient (Wildman–Crippen LogP) is 5.18. The van der Waals surface area contributed by atoms with Gasteiger partial charge < -0.3 is 19.3 Å². The summed E-state index contributed by atoms with van der Waals surface area (Å²) < 4.78 is 10.7. The molecule has 2 aromatic carbocycles. The van der Waals surface area contributed by atoms with Crippen molar-refractivity contribution in [2.24, 2.45) is 0 Å². The highest BCUT2D eigenvalue weighted by Gasteiger charge is 2.35. The highest BCUT2D eigenvalue weighted by atomic mass is 32.1. The lowest BCUT2D eigenvalue weighted by Crippen LogP contribution is -2.49. The fourth-order valence-corrected chi connectivity index (χ4v) is 5.47. The molecule has 0 radical (unpaired) electrons. The van der Waals surface area contributed by atoms with Gasteiger partial charge in [0.15, 0.2) is 0 Å². The molecule has 0 saturated carbocycles. The topological polar surface area (TPSA) is 59.1 Å². The molecule has 0 N–H and O–H groups in total. The van der Waals surface area contributed by atoms with Gasteiger partial charge in [-0.15, -0.1) is 11.3 Å². The Labute approximate surface area is 211 Å². The van der Waals surface area contributed by atoms with Crippen LogP contribution in [-0.2, 0) is 11.2 Å². The third-order valence-corrected chi connectivity index (χ3v) is 7.69. The number of rotatable bonds is 8. The van der Waals surface area contributed by atoms with Crippen molar-refractivity contribution in [3.05, 3.63) is 81.5 Å². The van der Waals surface area contributed by atoms with E-state index in [1.54, 1.807) is 48.7 Å². The van der Waals surface area contributed by atoms with E-state index in [1.165, 1.54) is 10.4 Å². The molecule has 4 rings (SSSR count). The average Bonchev–Trinajstić information content (AvgIpc) is 3.39. The summed E-state index contributed by atoms with van der Waals surface area (Å²) in [5.74, 6) is 0.801. The van der Waals surface area contributed by atoms with Gasteiger partial charge in [0.1, 0.15) is 18.0 Å². The number of fused-ring (bicyclic) bond motifs is 1. The number of benzene rings is 2. The molecule has 7 heteroatoms. The van der Waals surface area contributed by atoms with Gasteiger partial charge in [-0.2, -0.15) is 0 Å². The molecule has 2 atom stereocenters. The van der Waals surface area contributed by atoms with Gasteiger partial charge in [-0.1, -0.05) is 37.3 Å². The van der Waals surface area contributed by atoms with Gasteiger partial charge in [0.25, 0.3) is 5.91 Å². The number of hydrogen-bond acceptors (Lipinski definition) is 5. The normalized spacial score (nSPS) is 15.8. The standard InChI is InChI=1S/C28H32N2O4S/c1-5-19(2)30(28(32)21-15-22(33-3)17-23(16-21)34-4)18-26(31)29-13-11-25-24(12-14-35-25)27(29)20-9-7-6-8-10-20/h6-10,12,14-17,19,27H,5,11,13,18H2,1-4H3. The SMILES string of the molecule is CCC(C)N(CC(=O)N1CCc2sccc2C1c1ccccc1)C(=O)c1cc(OC)cc(OC)c1. The lowest BCUT2D eigenvalue weighted by Gasteiger charge is -2.38. The van der Waals surface area contributed by atoms with Crippen LogP contribution in [0.4, 0.5) is 0 Å². The minimum absolute atomic E-state index is 0.0101. The number of carbonyl (C=O) groups is 2. The molecule has 2 amide bonds. The summed E-state index contributed by atoms with van der Waals surface area (Å²) in [6.45, 7) is 4.63. The summed E-state index contributed by atoms with van der Waals surface area (Å²) >= 11 is 1.74. The quantitative estimate of drug-likeness (QED) is 0.435. The number of carbonyl (C=O) groups excluding carboxylic acids is 2. The van der Waals surface area contributed by atoms with Crippen LogP contribution in [0, 0.1) is 0 Å². The average molecular weight is 493 g/mol. The van der Waals surface area contributed by atoms with Crippen LogP contribution in [0.15, 0.2) is 60.0 Å². The van der Waals surface area contributed by atoms with Gasteiger partial charge in [-0.25, -0.2) is 0 Å². The number of nitrogens with zero attached hydrogens (tertiary/aromatic N) is 2. The van der Waals surface area contributed by atoms with Crippen LogP contribution in [0.1, 0.15) is 52.7 Å². The highest BCUT2D eigenvalue weighted by Crippen LogP contribution is 2.38. The summed E-state index contributed by atoms with van der Waals surface area (Å²) in [6, 6.07) is 17.1. The van der Waals surface area contributed by atoms with Gasteiger partial charge in [0.05, 0.1) is 20.3 Å². The zero-order valence-electron chi connectivity index (χ0n) is 20.7. The van der Waals surface area contributed by atoms with E-state index >= 15 is 0 Å². The third-order valence-electron chi connectivity index (χ3n) is 6.69. The van der Waals surface area contributed by atoms with Gasteiger partial charge in [0, 0.05) is 29.1 Å². The summed E-state index contributed by atoms with van der Waals surface area (Å²) in [7, 11) is 3.11. The van der Waals surface area contributed by atoms with E-state index in [4.69, 9.17) is 9.47 Å². The Balaban J connectivity index is 1.64. The Hall–Kier alpha value is -3.32. The second-order valence-corrected chi connectivity index (χ2v) is 9.74. The van der Waals surface area contributed by atoms with Crippen LogP contribution < -0.4 is 9.47 Å². The van der Waals surface area contributed by atoms with Crippen LogP contribution in [0.2, 0.25) is 0 Å². The van der Waals surface area contributed by atoms with E-state index in [0.717, 1.165) is 18.4 Å². The number of hydrogen-bond donors (Lipinski definition) is 0. The number of amides is 2. The van der Waals surface area contributed by atoms with Crippen LogP contribution in [-0.4, -0.2) is 55.0 Å². The zero-order chi connectivity index (χ0) is 24.9. The van der Waals surface area contributed by atoms with Gasteiger partial charge in [0.2, 0.25) is 5.91 Å². The molecule has 35 heavy (non-hydrogen) atoms. The Morgan fingerprint density at radius 3 is 2.40 bits per heavy atom. The Morgan fingerprint density at radius 1 is 1.09 bits per heavy atom. The van der Waals surface area contributed by atoms with Crippen molar-refractivity contribution in [1.82, 2.24) is 9.80 Å². The molecule has 0 fully saturated rings. The van der Waals surface area contributed by atoms with Crippen molar-refractivity contribution in [2.75, 3.05) is 27.3 Å². The van der Waals surface area contributed by atoms with Gasteiger partial charge >= 0.3 is 0 Å². The molecule has 0 aliphatic carbocycles. The molecule has 2 heterocycles. The smallest absolute Gasteiger partial charge is 0.254 e. The molecule has 0 saturated heterocycles. The maximum absolute atomic E-state index is 13.8. The minimum atomic E-state index is -0.214. The first-order chi connectivity index (χ1) is 17.0. The first kappa shape index (κ1) is 24.8. The number of ether oxygens (including phenoxy) is 2. The largest absolute Gasteiger partial charge is 0.497 e. The van der Waals surface area contributed by atoms with Crippen LogP contribution in [0.25, 0.3) is 0 Å². The fourth-order valence-electron chi connectivity index (χ4n) is 4.56. The predicted molar refractivity (Wildman–Crippen MR) is 138 cm³/mol. The second-order valence-electron chi connectivity index (χ2n) is 8.74. The van der Waals surface area contributed by atoms with E-state index in [1.807, 2.05) is 36.9 Å². The molecule has 0 bridgehead atoms. The van der Waals surface area contributed by atoms with E-state index < -0.39 is 0 Å². The molecule has 1 aliphatic rings. The van der Waals surface area contributed by atoms with Crippen LogP contribution in [0.3, 0.4) is 0 Å². The Morgan fingerprint density at radius 2 is 1.77 bits per heavy atom. The molecule has 6 nitrogen and oxygen atoms in total. The molecular formula is C28H32N2O4S. The fraction of sp³-hybridized carbons (Fsp3) is 0.357. The van der Waals surface area contributed by atoms with E-state index in [2.05, 4.69) is 23.6 Å². The summed E-state index contributed by atoms with van der Waals surface area (Å²) in [4.78, 5) is 32.4. The van der Waals surface area contributed by atoms with Crippen molar-refractivity contribution in [2.45, 2.75) is 38.8 Å². The lowest BCUT2D eigenvalue weighted by atomic mass is 9.93. The number of thiophene rings is 1. The highest BCUT2D eigenvalue weighted by molar-refractivity contribution is 7.10. The molecule has 2 unspecified atom stereocenters. The van der Waals surface area contributed by atoms with Crippen molar-refractivity contribution < 1.29 is 19.1 Å². The Bertz CT molecular complexity index is 1150. The van der Waals surface area contributed by atoms with Crippen molar-refractivity contribution in [3.8, 4) is 11.5 Å². The van der Waals surface area contributed by atoms with E-state index in [9.17, 15) is 9.59 Å². The minimum Gasteiger partial charge on any atom is -0.497 e. The van der Waals surface area contributed by atoms with Crippen molar-refractivity contribution in [1.29, 1.82) is 0 Å². The van der Waals surface area contributed by atoms with Gasteiger partial charge in [-0.05, 0) is 54.5 Å². The number of methoxy groups -OCH3 is 2. The summed E-state index contributed by atoms with van der Waals surface area (Å²) in [6.07, 6.45) is 1.56. The lowest BCUT2D eigenvalue weighted by molar-refractivity contribution is -0.134. The Kier molecular flexibility index (Phi) is 7.76. The molecule has 1 aromatic heterocycles. The summed E-state index contributed by atoms with van der Waals surface area (Å²) in [5.41, 5.74) is 2.70. The zero-order valence-corrected chi connectivity index (χ0v) is 21.5. The maximum Gasteiger partial charge on any atom is 0.254 e. The third kappa shape index (κ3) is 5.20. The summed E-state index contributed by atoms with van der Waals surface area (Å²) in [5, 5.41) is 2.10. The van der Waals surface area contributed by atoms with E-state index in [0.29, 0.717) is 23.6 Å². The second kappa shape index (κ2) is 11.0. The molecule has 1 aliphatic heterocycles. The van der Waals surface area contributed by atoms with Crippen molar-refractivity contribution in [3.63, 3.8) is 0 Å². The molecule has 184 valence electrons. The van der Waals surface area contributed by atoms with Crippen LogP contribution >= 0.6 is 11.3 Å². The maximum atomic E-state index is 13.8. The van der Waals surface area contributed by atoms with E-state index in [-0.39, 0.29) is 30.4 Å². The molecule has 0 spiro atoms. The first-order valence-electron chi connectivity index (χ1n) is 11.9. The van der Waals surface area contributed by atoms with Gasteiger partial charge in [-0.3, -0.25) is 9.59 Å².